The SMILES string of the molecule is COc1ccc(NC(=O)C(=O)Nc2cccc3cccnc23)cc1Cl. The molecule has 0 atom stereocenters. The van der Waals surface area contributed by atoms with Crippen LogP contribution in [0.2, 0.25) is 5.02 Å². The predicted molar refractivity (Wildman–Crippen MR) is 97.0 cm³/mol. The third-order valence-electron chi connectivity index (χ3n) is 3.50. The molecule has 1 aromatic heterocycles. The molecule has 0 bridgehead atoms. The van der Waals surface area contributed by atoms with Gasteiger partial charge in [-0.2, -0.15) is 0 Å². The summed E-state index contributed by atoms with van der Waals surface area (Å²) in [5.41, 5.74) is 1.46. The zero-order valence-corrected chi connectivity index (χ0v) is 14.0. The van der Waals surface area contributed by atoms with Crippen LogP contribution >= 0.6 is 11.6 Å². The highest BCUT2D eigenvalue weighted by Gasteiger charge is 2.16. The van der Waals surface area contributed by atoms with Crippen molar-refractivity contribution in [3.8, 4) is 5.75 Å². The van der Waals surface area contributed by atoms with Crippen LogP contribution in [-0.2, 0) is 9.59 Å². The second-order valence-corrected chi connectivity index (χ2v) is 5.55. The molecule has 3 aromatic rings. The summed E-state index contributed by atoms with van der Waals surface area (Å²) in [6.07, 6.45) is 1.62. The van der Waals surface area contributed by atoms with Crippen molar-refractivity contribution in [1.29, 1.82) is 0 Å². The number of carbonyl (C=O) groups is 2. The number of nitrogens with one attached hydrogen (secondary N) is 2. The van der Waals surface area contributed by atoms with Crippen LogP contribution in [0.1, 0.15) is 0 Å². The van der Waals surface area contributed by atoms with Gasteiger partial charge in [0.25, 0.3) is 0 Å². The van der Waals surface area contributed by atoms with E-state index in [1.54, 1.807) is 36.5 Å². The van der Waals surface area contributed by atoms with Crippen LogP contribution in [0, 0.1) is 0 Å². The Labute approximate surface area is 148 Å². The molecule has 2 amide bonds. The Morgan fingerprint density at radius 3 is 2.56 bits per heavy atom. The van der Waals surface area contributed by atoms with E-state index in [-0.39, 0.29) is 0 Å². The fourth-order valence-electron chi connectivity index (χ4n) is 2.32. The van der Waals surface area contributed by atoms with E-state index in [9.17, 15) is 9.59 Å². The van der Waals surface area contributed by atoms with E-state index in [0.29, 0.717) is 27.7 Å². The van der Waals surface area contributed by atoms with E-state index in [0.717, 1.165) is 5.39 Å². The molecule has 0 saturated heterocycles. The molecule has 3 rings (SSSR count). The molecule has 2 N–H and O–H groups in total. The molecule has 2 aromatic carbocycles. The molecule has 0 aliphatic carbocycles. The molecule has 1 heterocycles. The smallest absolute Gasteiger partial charge is 0.314 e. The first-order valence-corrected chi connectivity index (χ1v) is 7.76. The number of hydrogen-bond acceptors (Lipinski definition) is 4. The van der Waals surface area contributed by atoms with Gasteiger partial charge in [0.2, 0.25) is 0 Å². The Hall–Kier alpha value is -3.12. The number of nitrogens with zero attached hydrogens (tertiary/aromatic N) is 1. The minimum Gasteiger partial charge on any atom is -0.495 e. The Balaban J connectivity index is 1.74. The molecule has 25 heavy (non-hydrogen) atoms. The fraction of sp³-hybridized carbons (Fsp3) is 0.0556. The monoisotopic (exact) mass is 355 g/mol. The first-order chi connectivity index (χ1) is 12.1. The number of rotatable bonds is 3. The van der Waals surface area contributed by atoms with Gasteiger partial charge < -0.3 is 15.4 Å². The highest BCUT2D eigenvalue weighted by atomic mass is 35.5. The number of benzene rings is 2. The van der Waals surface area contributed by atoms with Crippen molar-refractivity contribution in [2.75, 3.05) is 17.7 Å². The van der Waals surface area contributed by atoms with Gasteiger partial charge in [-0.05, 0) is 30.3 Å². The van der Waals surface area contributed by atoms with E-state index >= 15 is 0 Å². The molecule has 0 saturated carbocycles. The molecule has 0 radical (unpaired) electrons. The van der Waals surface area contributed by atoms with Gasteiger partial charge in [0, 0.05) is 17.3 Å². The van der Waals surface area contributed by atoms with Crippen molar-refractivity contribution < 1.29 is 14.3 Å². The highest BCUT2D eigenvalue weighted by molar-refractivity contribution is 6.44. The lowest BCUT2D eigenvalue weighted by molar-refractivity contribution is -0.132. The number of ether oxygens (including phenoxy) is 1. The summed E-state index contributed by atoms with van der Waals surface area (Å²) in [4.78, 5) is 28.5. The van der Waals surface area contributed by atoms with Crippen LogP contribution in [-0.4, -0.2) is 23.9 Å². The van der Waals surface area contributed by atoms with E-state index in [2.05, 4.69) is 15.6 Å². The van der Waals surface area contributed by atoms with Crippen molar-refractivity contribution in [3.05, 3.63) is 59.8 Å². The summed E-state index contributed by atoms with van der Waals surface area (Å²) < 4.78 is 5.04. The molecule has 0 aliphatic heterocycles. The highest BCUT2D eigenvalue weighted by Crippen LogP contribution is 2.27. The fourth-order valence-corrected chi connectivity index (χ4v) is 2.57. The summed E-state index contributed by atoms with van der Waals surface area (Å²) in [6, 6.07) is 13.7. The zero-order chi connectivity index (χ0) is 17.8. The zero-order valence-electron chi connectivity index (χ0n) is 13.2. The second kappa shape index (κ2) is 7.19. The number of hydrogen-bond donors (Lipinski definition) is 2. The third-order valence-corrected chi connectivity index (χ3v) is 3.79. The summed E-state index contributed by atoms with van der Waals surface area (Å²) in [7, 11) is 1.49. The summed E-state index contributed by atoms with van der Waals surface area (Å²) in [5, 5.41) is 6.26. The molecule has 0 unspecified atom stereocenters. The number of anilines is 2. The van der Waals surface area contributed by atoms with Gasteiger partial charge >= 0.3 is 11.8 Å². The molecular formula is C18H14ClN3O3. The number of methoxy groups -OCH3 is 1. The van der Waals surface area contributed by atoms with E-state index in [4.69, 9.17) is 16.3 Å². The van der Waals surface area contributed by atoms with Gasteiger partial charge in [-0.1, -0.05) is 29.8 Å². The Bertz CT molecular complexity index is 954. The van der Waals surface area contributed by atoms with Crippen LogP contribution in [0.5, 0.6) is 5.75 Å². The van der Waals surface area contributed by atoms with Gasteiger partial charge in [-0.3, -0.25) is 14.6 Å². The maximum absolute atomic E-state index is 12.2. The van der Waals surface area contributed by atoms with Crippen molar-refractivity contribution in [2.45, 2.75) is 0 Å². The van der Waals surface area contributed by atoms with Crippen LogP contribution in [0.25, 0.3) is 10.9 Å². The lowest BCUT2D eigenvalue weighted by Crippen LogP contribution is -2.29. The number of fused-ring (bicyclic) bond motifs is 1. The third kappa shape index (κ3) is 3.70. The van der Waals surface area contributed by atoms with E-state index < -0.39 is 11.8 Å². The lowest BCUT2D eigenvalue weighted by atomic mass is 10.2. The number of halogens is 1. The van der Waals surface area contributed by atoms with E-state index in [1.165, 1.54) is 13.2 Å². The number of para-hydroxylation sites is 1. The Morgan fingerprint density at radius 1 is 1.04 bits per heavy atom. The normalized spacial score (nSPS) is 10.3. The molecule has 7 heteroatoms. The molecule has 6 nitrogen and oxygen atoms in total. The number of pyridine rings is 1. The van der Waals surface area contributed by atoms with Crippen molar-refractivity contribution in [3.63, 3.8) is 0 Å². The predicted octanol–water partition coefficient (Wildman–Crippen LogP) is 3.47. The summed E-state index contributed by atoms with van der Waals surface area (Å²) in [6.45, 7) is 0. The maximum Gasteiger partial charge on any atom is 0.314 e. The van der Waals surface area contributed by atoms with Crippen molar-refractivity contribution >= 4 is 45.7 Å². The Kier molecular flexibility index (Phi) is 4.81. The average Bonchev–Trinajstić information content (AvgIpc) is 2.62. The number of amides is 2. The topological polar surface area (TPSA) is 80.3 Å². The van der Waals surface area contributed by atoms with Gasteiger partial charge in [-0.15, -0.1) is 0 Å². The quantitative estimate of drug-likeness (QED) is 0.705. The minimum absolute atomic E-state index is 0.332. The van der Waals surface area contributed by atoms with E-state index in [1.807, 2.05) is 12.1 Å². The standard InChI is InChI=1S/C18H14ClN3O3/c1-25-15-8-7-12(10-13(15)19)21-17(23)18(24)22-14-6-2-4-11-5-3-9-20-16(11)14/h2-10H,1H3,(H,21,23)(H,22,24). The van der Waals surface area contributed by atoms with Crippen molar-refractivity contribution in [2.24, 2.45) is 0 Å². The lowest BCUT2D eigenvalue weighted by Gasteiger charge is -2.09. The van der Waals surface area contributed by atoms with Crippen LogP contribution in [0.3, 0.4) is 0 Å². The van der Waals surface area contributed by atoms with Gasteiger partial charge in [0.15, 0.2) is 0 Å². The largest absolute Gasteiger partial charge is 0.495 e. The molecular weight excluding hydrogens is 342 g/mol. The molecule has 0 fully saturated rings. The molecule has 126 valence electrons. The van der Waals surface area contributed by atoms with Gasteiger partial charge in [0.1, 0.15) is 5.75 Å². The Morgan fingerprint density at radius 2 is 1.80 bits per heavy atom. The summed E-state index contributed by atoms with van der Waals surface area (Å²) in [5.74, 6) is -1.13. The average molecular weight is 356 g/mol. The van der Waals surface area contributed by atoms with Crippen LogP contribution < -0.4 is 15.4 Å². The second-order valence-electron chi connectivity index (χ2n) is 5.14. The minimum atomic E-state index is -0.811. The number of carbonyl (C=O) groups excluding carboxylic acids is 2. The first-order valence-electron chi connectivity index (χ1n) is 7.38. The first kappa shape index (κ1) is 16.7. The maximum atomic E-state index is 12.2. The van der Waals surface area contributed by atoms with Gasteiger partial charge in [0.05, 0.1) is 23.3 Å². The van der Waals surface area contributed by atoms with Crippen LogP contribution in [0.4, 0.5) is 11.4 Å². The van der Waals surface area contributed by atoms with Gasteiger partial charge in [-0.25, -0.2) is 0 Å². The molecule has 0 aliphatic rings. The van der Waals surface area contributed by atoms with Crippen LogP contribution in [0.15, 0.2) is 54.7 Å². The number of aromatic nitrogens is 1. The van der Waals surface area contributed by atoms with Crippen molar-refractivity contribution in [1.82, 2.24) is 4.98 Å². The molecule has 0 spiro atoms. The summed E-state index contributed by atoms with van der Waals surface area (Å²) >= 11 is 6.00.